The van der Waals surface area contributed by atoms with Crippen LogP contribution >= 0.6 is 11.6 Å². The Hall–Kier alpha value is -2.12. The smallest absolute Gasteiger partial charge is 0.324 e. The molecule has 8 heteroatoms. The van der Waals surface area contributed by atoms with Crippen molar-refractivity contribution in [2.45, 2.75) is 32.0 Å². The molecular formula is C19H21ClF3N3O. The van der Waals surface area contributed by atoms with Crippen LogP contribution in [0.5, 0.6) is 0 Å². The Morgan fingerprint density at radius 1 is 1.30 bits per heavy atom. The van der Waals surface area contributed by atoms with Crippen LogP contribution in [0.25, 0.3) is 0 Å². The maximum atomic E-state index is 12.9. The second-order valence-electron chi connectivity index (χ2n) is 6.21. The van der Waals surface area contributed by atoms with Crippen molar-refractivity contribution in [1.29, 1.82) is 0 Å². The molecule has 1 amide bonds. The fourth-order valence-electron chi connectivity index (χ4n) is 2.76. The van der Waals surface area contributed by atoms with Crippen molar-refractivity contribution >= 4 is 23.2 Å². The van der Waals surface area contributed by atoms with Crippen molar-refractivity contribution in [3.63, 3.8) is 0 Å². The number of hydrogen-bond donors (Lipinski definition) is 1. The Bertz CT molecular complexity index is 769. The molecule has 0 saturated carbocycles. The van der Waals surface area contributed by atoms with E-state index in [1.165, 1.54) is 0 Å². The van der Waals surface area contributed by atoms with E-state index >= 15 is 0 Å². The number of anilines is 1. The average Bonchev–Trinajstić information content (AvgIpc) is 2.61. The molecule has 2 rings (SSSR count). The first-order valence-corrected chi connectivity index (χ1v) is 8.88. The first kappa shape index (κ1) is 21.2. The fourth-order valence-corrected chi connectivity index (χ4v) is 2.93. The number of rotatable bonds is 7. The summed E-state index contributed by atoms with van der Waals surface area (Å²) in [5.74, 6) is -0.448. The monoisotopic (exact) mass is 399 g/mol. The highest BCUT2D eigenvalue weighted by atomic mass is 35.5. The van der Waals surface area contributed by atoms with Gasteiger partial charge < -0.3 is 5.32 Å². The van der Waals surface area contributed by atoms with Gasteiger partial charge in [0.1, 0.15) is 0 Å². The molecule has 0 saturated heterocycles. The Balaban J connectivity index is 2.10. The minimum absolute atomic E-state index is 0.00614. The molecular weight excluding hydrogens is 379 g/mol. The third kappa shape index (κ3) is 5.94. The van der Waals surface area contributed by atoms with Gasteiger partial charge in [-0.2, -0.15) is 13.2 Å². The second kappa shape index (κ2) is 9.19. The van der Waals surface area contributed by atoms with E-state index in [0.29, 0.717) is 0 Å². The predicted molar refractivity (Wildman–Crippen MR) is 99.6 cm³/mol. The van der Waals surface area contributed by atoms with Gasteiger partial charge in [0.15, 0.2) is 0 Å². The molecule has 4 nitrogen and oxygen atoms in total. The molecule has 27 heavy (non-hydrogen) atoms. The van der Waals surface area contributed by atoms with Gasteiger partial charge in [-0.15, -0.1) is 0 Å². The van der Waals surface area contributed by atoms with Crippen molar-refractivity contribution < 1.29 is 18.0 Å². The maximum absolute atomic E-state index is 12.9. The van der Waals surface area contributed by atoms with Crippen LogP contribution in [0.2, 0.25) is 5.02 Å². The SMILES string of the molecule is CCCC(c1ccccn1)N(C)CC(=O)Nc1cc(C(F)(F)F)ccc1Cl. The summed E-state index contributed by atoms with van der Waals surface area (Å²) in [6, 6.07) is 8.34. The average molecular weight is 400 g/mol. The molecule has 1 N–H and O–H groups in total. The predicted octanol–water partition coefficient (Wildman–Crippen LogP) is 5.17. The van der Waals surface area contributed by atoms with E-state index < -0.39 is 17.6 Å². The van der Waals surface area contributed by atoms with Gasteiger partial charge in [0.25, 0.3) is 0 Å². The zero-order valence-corrected chi connectivity index (χ0v) is 15.8. The summed E-state index contributed by atoms with van der Waals surface area (Å²) in [5.41, 5.74) is -0.0885. The molecule has 0 bridgehead atoms. The van der Waals surface area contributed by atoms with E-state index in [4.69, 9.17) is 11.6 Å². The number of likely N-dealkylation sites (N-methyl/N-ethyl adjacent to an activating group) is 1. The number of aromatic nitrogens is 1. The molecule has 1 heterocycles. The second-order valence-corrected chi connectivity index (χ2v) is 6.62. The number of halogens is 4. The first-order chi connectivity index (χ1) is 12.7. The summed E-state index contributed by atoms with van der Waals surface area (Å²) in [7, 11) is 1.78. The number of nitrogens with one attached hydrogen (secondary N) is 1. The lowest BCUT2D eigenvalue weighted by Crippen LogP contribution is -2.33. The van der Waals surface area contributed by atoms with Crippen LogP contribution in [0.3, 0.4) is 0 Å². The summed E-state index contributed by atoms with van der Waals surface area (Å²) in [5, 5.41) is 2.52. The van der Waals surface area contributed by atoms with E-state index in [9.17, 15) is 18.0 Å². The van der Waals surface area contributed by atoms with Crippen molar-refractivity contribution in [3.8, 4) is 0 Å². The topological polar surface area (TPSA) is 45.2 Å². The van der Waals surface area contributed by atoms with Crippen molar-refractivity contribution in [1.82, 2.24) is 9.88 Å². The van der Waals surface area contributed by atoms with Gasteiger partial charge in [0.05, 0.1) is 34.6 Å². The Labute approximate surface area is 161 Å². The third-order valence-corrected chi connectivity index (χ3v) is 4.41. The molecule has 0 radical (unpaired) electrons. The molecule has 0 aliphatic carbocycles. The minimum Gasteiger partial charge on any atom is -0.324 e. The van der Waals surface area contributed by atoms with Crippen LogP contribution in [0, 0.1) is 0 Å². The largest absolute Gasteiger partial charge is 0.416 e. The van der Waals surface area contributed by atoms with Crippen LogP contribution in [-0.2, 0) is 11.0 Å². The summed E-state index contributed by atoms with van der Waals surface area (Å²) < 4.78 is 38.6. The lowest BCUT2D eigenvalue weighted by molar-refractivity contribution is -0.137. The number of nitrogens with zero attached hydrogens (tertiary/aromatic N) is 2. The van der Waals surface area contributed by atoms with E-state index in [0.717, 1.165) is 36.7 Å². The summed E-state index contributed by atoms with van der Waals surface area (Å²) in [4.78, 5) is 18.5. The number of carbonyl (C=O) groups is 1. The standard InChI is InChI=1S/C19H21ClF3N3O/c1-3-6-17(15-7-4-5-10-24-15)26(2)12-18(27)25-16-11-13(19(21,22)23)8-9-14(16)20/h4-5,7-11,17H,3,6,12H2,1-2H3,(H,25,27). The molecule has 1 unspecified atom stereocenters. The molecule has 0 aliphatic rings. The van der Waals surface area contributed by atoms with Crippen LogP contribution in [0.1, 0.15) is 37.1 Å². The van der Waals surface area contributed by atoms with E-state index in [2.05, 4.69) is 10.3 Å². The zero-order chi connectivity index (χ0) is 20.0. The van der Waals surface area contributed by atoms with Crippen molar-refractivity contribution in [2.75, 3.05) is 18.9 Å². The molecule has 0 fully saturated rings. The molecule has 0 spiro atoms. The molecule has 0 aliphatic heterocycles. The Morgan fingerprint density at radius 3 is 2.63 bits per heavy atom. The summed E-state index contributed by atoms with van der Waals surface area (Å²) in [6.45, 7) is 2.03. The number of carbonyl (C=O) groups excluding carboxylic acids is 1. The third-order valence-electron chi connectivity index (χ3n) is 4.08. The van der Waals surface area contributed by atoms with Gasteiger partial charge in [-0.05, 0) is 43.8 Å². The van der Waals surface area contributed by atoms with Crippen molar-refractivity contribution in [3.05, 3.63) is 58.9 Å². The highest BCUT2D eigenvalue weighted by molar-refractivity contribution is 6.33. The van der Waals surface area contributed by atoms with Crippen molar-refractivity contribution in [2.24, 2.45) is 0 Å². The fraction of sp³-hybridized carbons (Fsp3) is 0.368. The Morgan fingerprint density at radius 2 is 2.04 bits per heavy atom. The first-order valence-electron chi connectivity index (χ1n) is 8.50. The van der Waals surface area contributed by atoms with Gasteiger partial charge in [0, 0.05) is 6.20 Å². The normalized spacial score (nSPS) is 12.9. The quantitative estimate of drug-likeness (QED) is 0.699. The van der Waals surface area contributed by atoms with Crippen LogP contribution in [0.15, 0.2) is 42.6 Å². The van der Waals surface area contributed by atoms with Gasteiger partial charge in [0.2, 0.25) is 5.91 Å². The van der Waals surface area contributed by atoms with Gasteiger partial charge >= 0.3 is 6.18 Å². The number of pyridine rings is 1. The van der Waals surface area contributed by atoms with Crippen LogP contribution < -0.4 is 5.32 Å². The lowest BCUT2D eigenvalue weighted by Gasteiger charge is -2.27. The summed E-state index contributed by atoms with van der Waals surface area (Å²) >= 11 is 5.93. The van der Waals surface area contributed by atoms with Gasteiger partial charge in [-0.3, -0.25) is 14.7 Å². The van der Waals surface area contributed by atoms with Gasteiger partial charge in [-0.25, -0.2) is 0 Å². The molecule has 1 atom stereocenters. The van der Waals surface area contributed by atoms with Crippen LogP contribution in [-0.4, -0.2) is 29.4 Å². The number of benzene rings is 1. The molecule has 146 valence electrons. The number of amides is 1. The Kier molecular flexibility index (Phi) is 7.21. The van der Waals surface area contributed by atoms with E-state index in [1.54, 1.807) is 13.2 Å². The molecule has 1 aromatic carbocycles. The van der Waals surface area contributed by atoms with Crippen LogP contribution in [0.4, 0.5) is 18.9 Å². The molecule has 1 aromatic heterocycles. The highest BCUT2D eigenvalue weighted by Crippen LogP contribution is 2.33. The maximum Gasteiger partial charge on any atom is 0.416 e. The minimum atomic E-state index is -4.51. The van der Waals surface area contributed by atoms with E-state index in [-0.39, 0.29) is 23.3 Å². The number of hydrogen-bond acceptors (Lipinski definition) is 3. The highest BCUT2D eigenvalue weighted by Gasteiger charge is 2.31. The zero-order valence-electron chi connectivity index (χ0n) is 15.1. The lowest BCUT2D eigenvalue weighted by atomic mass is 10.1. The summed E-state index contributed by atoms with van der Waals surface area (Å²) in [6.07, 6.45) is -1.13. The number of alkyl halides is 3. The van der Waals surface area contributed by atoms with Gasteiger partial charge in [-0.1, -0.05) is 31.0 Å². The van der Waals surface area contributed by atoms with E-state index in [1.807, 2.05) is 30.0 Å². The molecule has 2 aromatic rings.